The zero-order valence-corrected chi connectivity index (χ0v) is 14.4. The van der Waals surface area contributed by atoms with E-state index in [1.807, 2.05) is 30.3 Å². The zero-order chi connectivity index (χ0) is 17.6. The third kappa shape index (κ3) is 4.45. The van der Waals surface area contributed by atoms with E-state index in [0.29, 0.717) is 16.8 Å². The molecule has 2 amide bonds. The average Bonchev–Trinajstić information content (AvgIpc) is 2.64. The van der Waals surface area contributed by atoms with Crippen LogP contribution in [0.15, 0.2) is 54.6 Å². The van der Waals surface area contributed by atoms with Gasteiger partial charge in [-0.1, -0.05) is 30.3 Å². The maximum atomic E-state index is 12.7. The van der Waals surface area contributed by atoms with Gasteiger partial charge in [0.1, 0.15) is 0 Å². The van der Waals surface area contributed by atoms with Gasteiger partial charge >= 0.3 is 0 Å². The van der Waals surface area contributed by atoms with Gasteiger partial charge in [0, 0.05) is 11.6 Å². The molecule has 0 saturated carbocycles. The first-order chi connectivity index (χ1) is 12.1. The molecule has 0 spiro atoms. The first-order valence-corrected chi connectivity index (χ1v) is 8.58. The number of benzene rings is 2. The fourth-order valence-electron chi connectivity index (χ4n) is 2.99. The van der Waals surface area contributed by atoms with E-state index in [0.717, 1.165) is 25.9 Å². The molecule has 1 aliphatic heterocycles. The molecule has 1 saturated heterocycles. The van der Waals surface area contributed by atoms with Crippen LogP contribution in [0.2, 0.25) is 0 Å². The van der Waals surface area contributed by atoms with Gasteiger partial charge < -0.3 is 15.5 Å². The minimum absolute atomic E-state index is 0.140. The van der Waals surface area contributed by atoms with Crippen LogP contribution in [0, 0.1) is 0 Å². The molecule has 1 heterocycles. The van der Waals surface area contributed by atoms with Gasteiger partial charge in [0.2, 0.25) is 0 Å². The maximum absolute atomic E-state index is 12.7. The highest BCUT2D eigenvalue weighted by Gasteiger charge is 2.21. The molecule has 1 aliphatic rings. The molecule has 130 valence electrons. The number of hydrogen-bond acceptors (Lipinski definition) is 3. The first kappa shape index (κ1) is 17.2. The standard InChI is InChI=1S/C20H23N3O2/c1-23-13-11-16(12-14-23)21-20(25)17-9-5-6-10-18(17)22-19(24)15-7-3-2-4-8-15/h2-10,16H,11-14H2,1H3,(H,21,25)(H,22,24). The summed E-state index contributed by atoms with van der Waals surface area (Å²) in [7, 11) is 2.09. The number of rotatable bonds is 4. The Morgan fingerprint density at radius 3 is 2.28 bits per heavy atom. The lowest BCUT2D eigenvalue weighted by molar-refractivity contribution is 0.0918. The smallest absolute Gasteiger partial charge is 0.255 e. The summed E-state index contributed by atoms with van der Waals surface area (Å²) in [5.41, 5.74) is 1.58. The van der Waals surface area contributed by atoms with Crippen molar-refractivity contribution in [3.8, 4) is 0 Å². The van der Waals surface area contributed by atoms with E-state index < -0.39 is 0 Å². The number of para-hydroxylation sites is 1. The molecule has 0 atom stereocenters. The van der Waals surface area contributed by atoms with Crippen molar-refractivity contribution in [2.45, 2.75) is 18.9 Å². The van der Waals surface area contributed by atoms with Crippen molar-refractivity contribution < 1.29 is 9.59 Å². The molecule has 0 aromatic heterocycles. The lowest BCUT2D eigenvalue weighted by Crippen LogP contribution is -2.43. The summed E-state index contributed by atoms with van der Waals surface area (Å²) in [4.78, 5) is 27.3. The van der Waals surface area contributed by atoms with Crippen LogP contribution in [0.3, 0.4) is 0 Å². The number of nitrogens with one attached hydrogen (secondary N) is 2. The quantitative estimate of drug-likeness (QED) is 0.902. The van der Waals surface area contributed by atoms with Crippen molar-refractivity contribution >= 4 is 17.5 Å². The second kappa shape index (κ2) is 7.94. The van der Waals surface area contributed by atoms with Crippen molar-refractivity contribution in [2.75, 3.05) is 25.5 Å². The Hall–Kier alpha value is -2.66. The van der Waals surface area contributed by atoms with Crippen molar-refractivity contribution in [1.29, 1.82) is 0 Å². The number of carbonyl (C=O) groups is 2. The zero-order valence-electron chi connectivity index (χ0n) is 14.4. The van der Waals surface area contributed by atoms with E-state index in [2.05, 4.69) is 22.6 Å². The molecule has 3 rings (SSSR count). The number of hydrogen-bond donors (Lipinski definition) is 2. The number of carbonyl (C=O) groups excluding carboxylic acids is 2. The number of amides is 2. The summed E-state index contributed by atoms with van der Waals surface area (Å²) >= 11 is 0. The molecule has 25 heavy (non-hydrogen) atoms. The Labute approximate surface area is 148 Å². The highest BCUT2D eigenvalue weighted by Crippen LogP contribution is 2.17. The van der Waals surface area contributed by atoms with Gasteiger partial charge in [-0.2, -0.15) is 0 Å². The Balaban J connectivity index is 1.70. The Morgan fingerprint density at radius 2 is 1.56 bits per heavy atom. The van der Waals surface area contributed by atoms with Crippen molar-refractivity contribution in [3.63, 3.8) is 0 Å². The average molecular weight is 337 g/mol. The van der Waals surface area contributed by atoms with Crippen LogP contribution < -0.4 is 10.6 Å². The van der Waals surface area contributed by atoms with Crippen molar-refractivity contribution in [3.05, 3.63) is 65.7 Å². The topological polar surface area (TPSA) is 61.4 Å². The molecule has 2 aromatic rings. The van der Waals surface area contributed by atoms with Gasteiger partial charge in [-0.3, -0.25) is 9.59 Å². The van der Waals surface area contributed by atoms with Crippen LogP contribution in [0.5, 0.6) is 0 Å². The highest BCUT2D eigenvalue weighted by atomic mass is 16.2. The predicted molar refractivity (Wildman–Crippen MR) is 98.8 cm³/mol. The number of nitrogens with zero attached hydrogens (tertiary/aromatic N) is 1. The summed E-state index contributed by atoms with van der Waals surface area (Å²) in [5, 5.41) is 5.94. The van der Waals surface area contributed by atoms with E-state index in [-0.39, 0.29) is 17.9 Å². The van der Waals surface area contributed by atoms with Crippen LogP contribution in [0.1, 0.15) is 33.6 Å². The third-order valence-corrected chi connectivity index (χ3v) is 4.51. The van der Waals surface area contributed by atoms with Gasteiger partial charge in [0.15, 0.2) is 0 Å². The molecule has 2 N–H and O–H groups in total. The van der Waals surface area contributed by atoms with E-state index in [4.69, 9.17) is 0 Å². The monoisotopic (exact) mass is 337 g/mol. The minimum Gasteiger partial charge on any atom is -0.349 e. The summed E-state index contributed by atoms with van der Waals surface area (Å²) < 4.78 is 0. The molecule has 0 unspecified atom stereocenters. The SMILES string of the molecule is CN1CCC(NC(=O)c2ccccc2NC(=O)c2ccccc2)CC1. The van der Waals surface area contributed by atoms with Gasteiger partial charge in [0.05, 0.1) is 11.3 Å². The number of anilines is 1. The van der Waals surface area contributed by atoms with Gasteiger partial charge in [-0.15, -0.1) is 0 Å². The molecule has 5 heteroatoms. The predicted octanol–water partition coefficient (Wildman–Crippen LogP) is 2.76. The lowest BCUT2D eigenvalue weighted by atomic mass is 10.0. The first-order valence-electron chi connectivity index (χ1n) is 8.58. The Morgan fingerprint density at radius 1 is 0.920 bits per heavy atom. The van der Waals surface area contributed by atoms with Crippen molar-refractivity contribution in [2.24, 2.45) is 0 Å². The molecule has 2 aromatic carbocycles. The minimum atomic E-state index is -0.222. The van der Waals surface area contributed by atoms with Gasteiger partial charge in [-0.05, 0) is 57.2 Å². The molecule has 5 nitrogen and oxygen atoms in total. The summed E-state index contributed by atoms with van der Waals surface area (Å²) in [6.07, 6.45) is 1.89. The van der Waals surface area contributed by atoms with Crippen LogP contribution >= 0.6 is 0 Å². The Kier molecular flexibility index (Phi) is 5.46. The second-order valence-corrected chi connectivity index (χ2v) is 6.42. The third-order valence-electron chi connectivity index (χ3n) is 4.51. The van der Waals surface area contributed by atoms with Gasteiger partial charge in [0.25, 0.3) is 11.8 Å². The molecule has 0 bridgehead atoms. The normalized spacial score (nSPS) is 15.6. The highest BCUT2D eigenvalue weighted by molar-refractivity contribution is 6.09. The molecule has 0 radical (unpaired) electrons. The molecule has 0 aliphatic carbocycles. The van der Waals surface area contributed by atoms with E-state index >= 15 is 0 Å². The lowest BCUT2D eigenvalue weighted by Gasteiger charge is -2.29. The summed E-state index contributed by atoms with van der Waals surface area (Å²) in [6.45, 7) is 1.97. The van der Waals surface area contributed by atoms with E-state index in [1.54, 1.807) is 24.3 Å². The fourth-order valence-corrected chi connectivity index (χ4v) is 2.99. The van der Waals surface area contributed by atoms with Crippen molar-refractivity contribution in [1.82, 2.24) is 10.2 Å². The van der Waals surface area contributed by atoms with Crippen LogP contribution in [-0.2, 0) is 0 Å². The Bertz CT molecular complexity index is 738. The summed E-state index contributed by atoms with van der Waals surface area (Å²) in [5.74, 6) is -0.362. The largest absolute Gasteiger partial charge is 0.349 e. The second-order valence-electron chi connectivity index (χ2n) is 6.42. The summed E-state index contributed by atoms with van der Waals surface area (Å²) in [6, 6.07) is 16.3. The fraction of sp³-hybridized carbons (Fsp3) is 0.300. The maximum Gasteiger partial charge on any atom is 0.255 e. The molecular weight excluding hydrogens is 314 g/mol. The van der Waals surface area contributed by atoms with Crippen LogP contribution in [0.25, 0.3) is 0 Å². The molecule has 1 fully saturated rings. The number of likely N-dealkylation sites (tertiary alicyclic amines) is 1. The molecular formula is C20H23N3O2. The van der Waals surface area contributed by atoms with Crippen LogP contribution in [-0.4, -0.2) is 42.9 Å². The van der Waals surface area contributed by atoms with Crippen LogP contribution in [0.4, 0.5) is 5.69 Å². The van der Waals surface area contributed by atoms with Gasteiger partial charge in [-0.25, -0.2) is 0 Å². The van der Waals surface area contributed by atoms with E-state index in [1.165, 1.54) is 0 Å². The van der Waals surface area contributed by atoms with E-state index in [9.17, 15) is 9.59 Å². The number of piperidine rings is 1.